The van der Waals surface area contributed by atoms with Crippen molar-refractivity contribution in [3.05, 3.63) is 0 Å². The molecule has 0 rings (SSSR count). The van der Waals surface area contributed by atoms with Crippen molar-refractivity contribution in [3.63, 3.8) is 0 Å². The normalized spacial score (nSPS) is 14.3. The van der Waals surface area contributed by atoms with Crippen LogP contribution in [0.2, 0.25) is 0 Å². The maximum absolute atomic E-state index is 13.1. The van der Waals surface area contributed by atoms with E-state index in [0.717, 1.165) is 114 Å². The Morgan fingerprint density at radius 2 is 0.531 bits per heavy atom. The second-order valence-corrected chi connectivity index (χ2v) is 31.8. The molecule has 6 atom stereocenters. The number of phosphoric ester groups is 2. The van der Waals surface area contributed by atoms with Crippen LogP contribution in [0.1, 0.15) is 395 Å². The first-order chi connectivity index (χ1) is 46.3. The quantitative estimate of drug-likeness (QED) is 0.0222. The summed E-state index contributed by atoms with van der Waals surface area (Å²) in [5.41, 5.74) is 0. The highest BCUT2D eigenvalue weighted by Gasteiger charge is 2.30. The second-order valence-electron chi connectivity index (χ2n) is 28.9. The molecule has 0 aliphatic carbocycles. The van der Waals surface area contributed by atoms with Crippen LogP contribution in [-0.2, 0) is 65.4 Å². The van der Waals surface area contributed by atoms with Gasteiger partial charge in [0.1, 0.15) is 19.3 Å². The van der Waals surface area contributed by atoms with Crippen LogP contribution in [0.3, 0.4) is 0 Å². The minimum atomic E-state index is -4.96. The number of ether oxygens (including phenoxy) is 4. The summed E-state index contributed by atoms with van der Waals surface area (Å²) in [7, 11) is -9.91. The van der Waals surface area contributed by atoms with E-state index >= 15 is 0 Å². The van der Waals surface area contributed by atoms with Crippen LogP contribution < -0.4 is 0 Å². The van der Waals surface area contributed by atoms with Gasteiger partial charge in [-0.05, 0) is 43.4 Å². The van der Waals surface area contributed by atoms with E-state index in [4.69, 9.17) is 37.0 Å². The molecular formula is C77H150O17P2. The minimum absolute atomic E-state index is 0.106. The Kier molecular flexibility index (Phi) is 66.2. The van der Waals surface area contributed by atoms with Gasteiger partial charge in [-0.25, -0.2) is 9.13 Å². The summed E-state index contributed by atoms with van der Waals surface area (Å²) in [4.78, 5) is 72.8. The maximum Gasteiger partial charge on any atom is 0.472 e. The molecule has 0 aromatic heterocycles. The molecule has 96 heavy (non-hydrogen) atoms. The number of carbonyl (C=O) groups is 4. The second kappa shape index (κ2) is 67.5. The highest BCUT2D eigenvalue weighted by Crippen LogP contribution is 2.45. The zero-order chi connectivity index (χ0) is 70.9. The molecule has 0 aliphatic heterocycles. The van der Waals surface area contributed by atoms with Gasteiger partial charge in [0.2, 0.25) is 0 Å². The number of aliphatic hydroxyl groups excluding tert-OH is 1. The minimum Gasteiger partial charge on any atom is -0.462 e. The summed E-state index contributed by atoms with van der Waals surface area (Å²) < 4.78 is 68.5. The van der Waals surface area contributed by atoms with Gasteiger partial charge in [-0.2, -0.15) is 0 Å². The number of hydrogen-bond acceptors (Lipinski definition) is 15. The average Bonchev–Trinajstić information content (AvgIpc) is 1.63. The van der Waals surface area contributed by atoms with Crippen molar-refractivity contribution in [2.45, 2.75) is 414 Å². The molecule has 0 aliphatic rings. The van der Waals surface area contributed by atoms with Gasteiger partial charge in [0.05, 0.1) is 26.4 Å². The number of carbonyl (C=O) groups excluding carboxylic acids is 4. The molecule has 0 amide bonds. The summed E-state index contributed by atoms with van der Waals surface area (Å²) in [5.74, 6) is 0.215. The average molecular weight is 1410 g/mol. The molecule has 0 aromatic rings. The Hall–Kier alpha value is -1.94. The molecule has 0 aromatic carbocycles. The number of rotatable bonds is 75. The molecule has 0 spiro atoms. The SMILES string of the molecule is CCCCCCCCCCCCCC(=O)O[C@H](COC(=O)CCCCCCCCC(C)CC)COP(=O)(O)OC[C@H](O)COP(=O)(O)OC[C@@H](COC(=O)CCCCCCCCCCCCCCCC(C)C)OC(=O)CCCCCCCCCCCCCCCCCCC(C)C. The fourth-order valence-corrected chi connectivity index (χ4v) is 13.3. The molecule has 0 heterocycles. The molecule has 0 saturated heterocycles. The molecule has 3 unspecified atom stereocenters. The van der Waals surface area contributed by atoms with Crippen molar-refractivity contribution in [2.24, 2.45) is 17.8 Å². The Bertz CT molecular complexity index is 1870. The number of esters is 4. The highest BCUT2D eigenvalue weighted by atomic mass is 31.2. The fourth-order valence-electron chi connectivity index (χ4n) is 11.7. The number of aliphatic hydroxyl groups is 1. The predicted octanol–water partition coefficient (Wildman–Crippen LogP) is 22.6. The fraction of sp³-hybridized carbons (Fsp3) is 0.948. The van der Waals surface area contributed by atoms with Crippen LogP contribution in [0, 0.1) is 17.8 Å². The lowest BCUT2D eigenvalue weighted by atomic mass is 10.00. The van der Waals surface area contributed by atoms with Gasteiger partial charge < -0.3 is 33.8 Å². The van der Waals surface area contributed by atoms with E-state index in [0.29, 0.717) is 25.7 Å². The van der Waals surface area contributed by atoms with Crippen LogP contribution in [-0.4, -0.2) is 96.7 Å². The molecule has 0 bridgehead atoms. The van der Waals surface area contributed by atoms with Crippen molar-refractivity contribution >= 4 is 39.5 Å². The lowest BCUT2D eigenvalue weighted by Crippen LogP contribution is -2.30. The molecule has 570 valence electrons. The third-order valence-corrected chi connectivity index (χ3v) is 20.1. The van der Waals surface area contributed by atoms with Gasteiger partial charge in [0, 0.05) is 25.7 Å². The van der Waals surface area contributed by atoms with Gasteiger partial charge in [-0.1, -0.05) is 344 Å². The Morgan fingerprint density at radius 3 is 0.792 bits per heavy atom. The summed E-state index contributed by atoms with van der Waals surface area (Å²) in [6.45, 7) is 11.9. The third kappa shape index (κ3) is 69.2. The number of unbranched alkanes of at least 4 members (excludes halogenated alkanes) is 42. The largest absolute Gasteiger partial charge is 0.472 e. The van der Waals surface area contributed by atoms with E-state index in [-0.39, 0.29) is 25.7 Å². The first-order valence-corrected chi connectivity index (χ1v) is 42.9. The number of phosphoric acid groups is 2. The van der Waals surface area contributed by atoms with E-state index in [1.54, 1.807) is 0 Å². The van der Waals surface area contributed by atoms with Crippen molar-refractivity contribution < 1.29 is 80.2 Å². The monoisotopic (exact) mass is 1410 g/mol. The Labute approximate surface area is 588 Å². The summed E-state index contributed by atoms with van der Waals surface area (Å²) in [6.07, 6.45) is 54.1. The Balaban J connectivity index is 5.23. The summed E-state index contributed by atoms with van der Waals surface area (Å²) in [6, 6.07) is 0. The predicted molar refractivity (Wildman–Crippen MR) is 391 cm³/mol. The first kappa shape index (κ1) is 94.1. The molecule has 0 radical (unpaired) electrons. The summed E-state index contributed by atoms with van der Waals surface area (Å²) in [5, 5.41) is 10.6. The van der Waals surface area contributed by atoms with Crippen LogP contribution in [0.15, 0.2) is 0 Å². The molecule has 0 saturated carbocycles. The van der Waals surface area contributed by atoms with Crippen LogP contribution in [0.25, 0.3) is 0 Å². The zero-order valence-electron chi connectivity index (χ0n) is 62.8. The molecule has 17 nitrogen and oxygen atoms in total. The van der Waals surface area contributed by atoms with Gasteiger partial charge >= 0.3 is 39.5 Å². The van der Waals surface area contributed by atoms with Crippen LogP contribution in [0.5, 0.6) is 0 Å². The molecule has 3 N–H and O–H groups in total. The van der Waals surface area contributed by atoms with Gasteiger partial charge in [0.15, 0.2) is 12.2 Å². The van der Waals surface area contributed by atoms with Crippen molar-refractivity contribution in [2.75, 3.05) is 39.6 Å². The number of hydrogen-bond donors (Lipinski definition) is 3. The van der Waals surface area contributed by atoms with E-state index in [9.17, 15) is 43.2 Å². The van der Waals surface area contributed by atoms with E-state index < -0.39 is 97.5 Å². The van der Waals surface area contributed by atoms with E-state index in [2.05, 4.69) is 48.5 Å². The topological polar surface area (TPSA) is 237 Å². The molecular weight excluding hydrogens is 1260 g/mol. The smallest absolute Gasteiger partial charge is 0.462 e. The Morgan fingerprint density at radius 1 is 0.302 bits per heavy atom. The molecule has 19 heteroatoms. The van der Waals surface area contributed by atoms with Gasteiger partial charge in [-0.3, -0.25) is 37.3 Å². The van der Waals surface area contributed by atoms with E-state index in [1.165, 1.54) is 199 Å². The lowest BCUT2D eigenvalue weighted by Gasteiger charge is -2.21. The lowest BCUT2D eigenvalue weighted by molar-refractivity contribution is -0.161. The van der Waals surface area contributed by atoms with Crippen molar-refractivity contribution in [1.29, 1.82) is 0 Å². The van der Waals surface area contributed by atoms with Crippen LogP contribution >= 0.6 is 15.6 Å². The zero-order valence-corrected chi connectivity index (χ0v) is 64.6. The van der Waals surface area contributed by atoms with E-state index in [1.807, 2.05) is 0 Å². The summed E-state index contributed by atoms with van der Waals surface area (Å²) >= 11 is 0. The third-order valence-electron chi connectivity index (χ3n) is 18.2. The van der Waals surface area contributed by atoms with Gasteiger partial charge in [0.25, 0.3) is 0 Å². The first-order valence-electron chi connectivity index (χ1n) is 39.9. The standard InChI is InChI=1S/C77H150O17P2/c1-8-10-11-12-13-14-24-32-37-46-53-60-76(81)94-73(65-88-75(80)59-52-45-40-39-43-50-57-70(7)9-2)67-92-96(85,86)90-63-71(78)62-89-95(83,84)91-66-72(64-87-74(79)58-51-44-36-31-27-23-19-21-26-30-35-42-49-56-69(5)6)93-77(82)61-54-47-38-33-28-22-18-16-15-17-20-25-29-34-41-48-55-68(3)4/h68-73,78H,8-67H2,1-7H3,(H,83,84)(H,85,86)/t70?,71-,72-,73-/m1/s1. The van der Waals surface area contributed by atoms with Crippen molar-refractivity contribution in [1.82, 2.24) is 0 Å². The van der Waals surface area contributed by atoms with Crippen LogP contribution in [0.4, 0.5) is 0 Å². The molecule has 0 fully saturated rings. The highest BCUT2D eigenvalue weighted by molar-refractivity contribution is 7.47. The van der Waals surface area contributed by atoms with Gasteiger partial charge in [-0.15, -0.1) is 0 Å². The van der Waals surface area contributed by atoms with Crippen molar-refractivity contribution in [3.8, 4) is 0 Å². The maximum atomic E-state index is 13.1.